The molecule has 18 heavy (non-hydrogen) atoms. The number of benzene rings is 1. The van der Waals surface area contributed by atoms with Gasteiger partial charge in [0.25, 0.3) is 0 Å². The molecule has 1 amide bonds. The molecule has 2 N–H and O–H groups in total. The lowest BCUT2D eigenvalue weighted by atomic mass is 9.89. The lowest BCUT2D eigenvalue weighted by molar-refractivity contribution is -0.124. The number of halogens is 1. The predicted octanol–water partition coefficient (Wildman–Crippen LogP) is 3.52. The van der Waals surface area contributed by atoms with E-state index >= 15 is 0 Å². The molecular formula is C13H16BrNO3. The Kier molecular flexibility index (Phi) is 4.51. The highest BCUT2D eigenvalue weighted by molar-refractivity contribution is 9.10. The fraction of sp³-hybridized carbons (Fsp3) is 0.385. The van der Waals surface area contributed by atoms with Gasteiger partial charge in [0.15, 0.2) is 0 Å². The zero-order chi connectivity index (χ0) is 13.9. The van der Waals surface area contributed by atoms with Crippen LogP contribution in [0, 0.1) is 5.41 Å². The fourth-order valence-corrected chi connectivity index (χ4v) is 1.64. The lowest BCUT2D eigenvalue weighted by Gasteiger charge is -2.21. The Bertz CT molecular complexity index is 483. The smallest absolute Gasteiger partial charge is 0.336 e. The summed E-state index contributed by atoms with van der Waals surface area (Å²) in [6, 6.07) is 4.72. The van der Waals surface area contributed by atoms with Crippen LogP contribution in [-0.2, 0) is 4.79 Å². The van der Waals surface area contributed by atoms with Crippen LogP contribution in [0.5, 0.6) is 0 Å². The second kappa shape index (κ2) is 5.52. The summed E-state index contributed by atoms with van der Waals surface area (Å²) in [7, 11) is 0. The van der Waals surface area contributed by atoms with Crippen LogP contribution >= 0.6 is 15.9 Å². The molecule has 0 spiro atoms. The normalized spacial score (nSPS) is 11.1. The number of rotatable bonds is 4. The van der Waals surface area contributed by atoms with Crippen molar-refractivity contribution in [3.05, 3.63) is 28.2 Å². The predicted molar refractivity (Wildman–Crippen MR) is 73.8 cm³/mol. The molecule has 0 aliphatic heterocycles. The van der Waals surface area contributed by atoms with Crippen LogP contribution in [0.15, 0.2) is 22.7 Å². The first-order chi connectivity index (χ1) is 8.27. The minimum atomic E-state index is -1.03. The number of carbonyl (C=O) groups is 2. The van der Waals surface area contributed by atoms with E-state index in [-0.39, 0.29) is 11.5 Å². The van der Waals surface area contributed by atoms with E-state index in [4.69, 9.17) is 5.11 Å². The zero-order valence-electron chi connectivity index (χ0n) is 10.6. The first kappa shape index (κ1) is 14.7. The summed E-state index contributed by atoms with van der Waals surface area (Å²) in [5.41, 5.74) is 0.139. The van der Waals surface area contributed by atoms with Crippen LogP contribution in [-0.4, -0.2) is 17.0 Å². The molecule has 98 valence electrons. The van der Waals surface area contributed by atoms with E-state index in [1.165, 1.54) is 6.07 Å². The molecule has 0 radical (unpaired) electrons. The topological polar surface area (TPSA) is 66.4 Å². The van der Waals surface area contributed by atoms with Crippen molar-refractivity contribution in [2.24, 2.45) is 5.41 Å². The van der Waals surface area contributed by atoms with E-state index < -0.39 is 11.4 Å². The molecule has 0 aliphatic rings. The molecule has 0 aliphatic carbocycles. The third-order valence-electron chi connectivity index (χ3n) is 2.95. The third-order valence-corrected chi connectivity index (χ3v) is 3.64. The van der Waals surface area contributed by atoms with Gasteiger partial charge >= 0.3 is 5.97 Å². The SMILES string of the molecule is CCC(C)(C)C(=O)Nc1ccc(Br)c(C(=O)O)c1. The molecule has 1 aromatic rings. The van der Waals surface area contributed by atoms with Gasteiger partial charge in [-0.3, -0.25) is 4.79 Å². The van der Waals surface area contributed by atoms with Crippen LogP contribution < -0.4 is 5.32 Å². The molecule has 0 bridgehead atoms. The Morgan fingerprint density at radius 1 is 1.39 bits per heavy atom. The fourth-order valence-electron chi connectivity index (χ4n) is 1.23. The molecule has 0 saturated carbocycles. The van der Waals surface area contributed by atoms with Crippen LogP contribution in [0.4, 0.5) is 5.69 Å². The molecular weight excluding hydrogens is 298 g/mol. The molecule has 0 unspecified atom stereocenters. The van der Waals surface area contributed by atoms with Crippen molar-refractivity contribution in [3.8, 4) is 0 Å². The summed E-state index contributed by atoms with van der Waals surface area (Å²) in [4.78, 5) is 22.9. The Morgan fingerprint density at radius 2 is 2.00 bits per heavy atom. The first-order valence-corrected chi connectivity index (χ1v) is 6.41. The van der Waals surface area contributed by atoms with E-state index in [2.05, 4.69) is 21.2 Å². The molecule has 0 saturated heterocycles. The number of carbonyl (C=O) groups excluding carboxylic acids is 1. The first-order valence-electron chi connectivity index (χ1n) is 5.62. The van der Waals surface area contributed by atoms with E-state index in [9.17, 15) is 9.59 Å². The van der Waals surface area contributed by atoms with E-state index in [0.29, 0.717) is 16.6 Å². The standard InChI is InChI=1S/C13H16BrNO3/c1-4-13(2,3)12(18)15-8-5-6-10(14)9(7-8)11(16)17/h5-7H,4H2,1-3H3,(H,15,18)(H,16,17). The molecule has 0 atom stereocenters. The maximum atomic E-state index is 12.0. The lowest BCUT2D eigenvalue weighted by Crippen LogP contribution is -2.30. The largest absolute Gasteiger partial charge is 0.478 e. The van der Waals surface area contributed by atoms with Gasteiger partial charge in [-0.05, 0) is 40.5 Å². The average molecular weight is 314 g/mol. The average Bonchev–Trinajstić information content (AvgIpc) is 2.31. The minimum Gasteiger partial charge on any atom is -0.478 e. The van der Waals surface area contributed by atoms with Crippen molar-refractivity contribution >= 4 is 33.5 Å². The van der Waals surface area contributed by atoms with Crippen LogP contribution in [0.2, 0.25) is 0 Å². The molecule has 5 heteroatoms. The molecule has 1 aromatic carbocycles. The quantitative estimate of drug-likeness (QED) is 0.893. The summed E-state index contributed by atoms with van der Waals surface area (Å²) < 4.78 is 0.489. The number of carboxylic acids is 1. The monoisotopic (exact) mass is 313 g/mol. The number of aromatic carboxylic acids is 1. The Labute approximate surface area is 115 Å². The highest BCUT2D eigenvalue weighted by atomic mass is 79.9. The van der Waals surface area contributed by atoms with Gasteiger partial charge in [0.1, 0.15) is 0 Å². The van der Waals surface area contributed by atoms with Crippen molar-refractivity contribution in [2.45, 2.75) is 27.2 Å². The minimum absolute atomic E-state index is 0.122. The van der Waals surface area contributed by atoms with Gasteiger partial charge in [0.05, 0.1) is 5.56 Å². The van der Waals surface area contributed by atoms with Gasteiger partial charge in [-0.1, -0.05) is 20.8 Å². The summed E-state index contributed by atoms with van der Waals surface area (Å²) in [5, 5.41) is 11.7. The van der Waals surface area contributed by atoms with Crippen molar-refractivity contribution in [2.75, 3.05) is 5.32 Å². The third kappa shape index (κ3) is 3.32. The summed E-state index contributed by atoms with van der Waals surface area (Å²) in [6.07, 6.45) is 0.709. The van der Waals surface area contributed by atoms with Gasteiger partial charge in [-0.2, -0.15) is 0 Å². The van der Waals surface area contributed by atoms with Crippen molar-refractivity contribution in [1.82, 2.24) is 0 Å². The van der Waals surface area contributed by atoms with Gasteiger partial charge in [-0.15, -0.1) is 0 Å². The number of carboxylic acid groups (broad SMARTS) is 1. The molecule has 0 aromatic heterocycles. The van der Waals surface area contributed by atoms with Crippen LogP contribution in [0.25, 0.3) is 0 Å². The summed E-state index contributed by atoms with van der Waals surface area (Å²) in [5.74, 6) is -1.16. The van der Waals surface area contributed by atoms with Crippen molar-refractivity contribution in [3.63, 3.8) is 0 Å². The number of hydrogen-bond acceptors (Lipinski definition) is 2. The second-order valence-electron chi connectivity index (χ2n) is 4.69. The highest BCUT2D eigenvalue weighted by Gasteiger charge is 2.25. The van der Waals surface area contributed by atoms with Gasteiger partial charge < -0.3 is 10.4 Å². The molecule has 1 rings (SSSR count). The maximum Gasteiger partial charge on any atom is 0.336 e. The highest BCUT2D eigenvalue weighted by Crippen LogP contribution is 2.25. The number of nitrogens with one attached hydrogen (secondary N) is 1. The van der Waals surface area contributed by atoms with Crippen LogP contribution in [0.3, 0.4) is 0 Å². The van der Waals surface area contributed by atoms with Crippen LogP contribution in [0.1, 0.15) is 37.6 Å². The molecule has 0 heterocycles. The van der Waals surface area contributed by atoms with Gasteiger partial charge in [0, 0.05) is 15.6 Å². The van der Waals surface area contributed by atoms with Crippen molar-refractivity contribution < 1.29 is 14.7 Å². The van der Waals surface area contributed by atoms with E-state index in [1.54, 1.807) is 12.1 Å². The van der Waals surface area contributed by atoms with E-state index in [1.807, 2.05) is 20.8 Å². The van der Waals surface area contributed by atoms with Gasteiger partial charge in [-0.25, -0.2) is 4.79 Å². The second-order valence-corrected chi connectivity index (χ2v) is 5.55. The Hall–Kier alpha value is -1.36. The number of anilines is 1. The molecule has 0 fully saturated rings. The summed E-state index contributed by atoms with van der Waals surface area (Å²) >= 11 is 3.16. The van der Waals surface area contributed by atoms with Gasteiger partial charge in [0.2, 0.25) is 5.91 Å². The number of hydrogen-bond donors (Lipinski definition) is 2. The Morgan fingerprint density at radius 3 is 2.50 bits per heavy atom. The van der Waals surface area contributed by atoms with Crippen molar-refractivity contribution in [1.29, 1.82) is 0 Å². The van der Waals surface area contributed by atoms with E-state index in [0.717, 1.165) is 0 Å². The summed E-state index contributed by atoms with van der Waals surface area (Å²) in [6.45, 7) is 5.63. The number of amides is 1. The molecule has 4 nitrogen and oxygen atoms in total. The Balaban J connectivity index is 2.96. The zero-order valence-corrected chi connectivity index (χ0v) is 12.2. The maximum absolute atomic E-state index is 12.0.